The summed E-state index contributed by atoms with van der Waals surface area (Å²) in [6, 6.07) is 9.62. The first-order chi connectivity index (χ1) is 12.8. The number of nitro groups is 1. The number of nitrogens with zero attached hydrogens (tertiary/aromatic N) is 2. The molecule has 1 aliphatic rings. The quantitative estimate of drug-likeness (QED) is 0.496. The predicted molar refractivity (Wildman–Crippen MR) is 97.8 cm³/mol. The molecule has 8 nitrogen and oxygen atoms in total. The molecule has 1 N–H and O–H groups in total. The second-order valence-corrected chi connectivity index (χ2v) is 6.58. The average molecular weight is 367 g/mol. The molecule has 8 heteroatoms. The Kier molecular flexibility index (Phi) is 4.72. The molecule has 3 amide bonds. The van der Waals surface area contributed by atoms with E-state index >= 15 is 0 Å². The zero-order valence-corrected chi connectivity index (χ0v) is 14.8. The molecule has 2 aromatic carbocycles. The molecule has 1 heterocycles. The number of carbonyl (C=O) groups excluding carboxylic acids is 3. The van der Waals surface area contributed by atoms with Gasteiger partial charge in [0.1, 0.15) is 0 Å². The van der Waals surface area contributed by atoms with Crippen LogP contribution in [0.5, 0.6) is 0 Å². The van der Waals surface area contributed by atoms with Crippen molar-refractivity contribution in [2.75, 3.05) is 11.4 Å². The van der Waals surface area contributed by atoms with Crippen molar-refractivity contribution in [3.05, 3.63) is 69.3 Å². The minimum Gasteiger partial charge on any atom is -0.352 e. The van der Waals surface area contributed by atoms with E-state index in [1.807, 2.05) is 13.8 Å². The molecule has 1 aliphatic heterocycles. The van der Waals surface area contributed by atoms with Crippen LogP contribution in [0.15, 0.2) is 42.5 Å². The third-order valence-electron chi connectivity index (χ3n) is 4.14. The van der Waals surface area contributed by atoms with Crippen LogP contribution in [0.4, 0.5) is 11.4 Å². The normalized spacial score (nSPS) is 13.1. The minimum absolute atomic E-state index is 0.00653. The topological polar surface area (TPSA) is 110 Å². The lowest BCUT2D eigenvalue weighted by Gasteiger charge is -2.14. The molecule has 0 spiro atoms. The van der Waals surface area contributed by atoms with E-state index in [0.717, 1.165) is 11.0 Å². The molecule has 2 aromatic rings. The number of rotatable bonds is 5. The van der Waals surface area contributed by atoms with Crippen molar-refractivity contribution in [1.82, 2.24) is 5.32 Å². The molecule has 0 fully saturated rings. The molecule has 0 aliphatic carbocycles. The first-order valence-corrected chi connectivity index (χ1v) is 8.35. The smallest absolute Gasteiger partial charge is 0.270 e. The fourth-order valence-corrected chi connectivity index (χ4v) is 2.74. The zero-order chi connectivity index (χ0) is 19.7. The summed E-state index contributed by atoms with van der Waals surface area (Å²) in [7, 11) is 0. The van der Waals surface area contributed by atoms with Crippen LogP contribution >= 0.6 is 0 Å². The maximum atomic E-state index is 12.6. The van der Waals surface area contributed by atoms with Crippen LogP contribution in [0.3, 0.4) is 0 Å². The first kappa shape index (κ1) is 18.2. The maximum absolute atomic E-state index is 12.6. The summed E-state index contributed by atoms with van der Waals surface area (Å²) >= 11 is 0. The second-order valence-electron chi connectivity index (χ2n) is 6.58. The predicted octanol–water partition coefficient (Wildman–Crippen LogP) is 2.78. The molecule has 0 bridgehead atoms. The number of carbonyl (C=O) groups is 3. The number of non-ortho nitro benzene ring substituents is 1. The monoisotopic (exact) mass is 367 g/mol. The van der Waals surface area contributed by atoms with Crippen molar-refractivity contribution < 1.29 is 19.3 Å². The molecule has 0 saturated carbocycles. The number of nitrogens with one attached hydrogen (secondary N) is 1. The van der Waals surface area contributed by atoms with E-state index in [1.54, 1.807) is 0 Å². The average Bonchev–Trinajstić information content (AvgIpc) is 2.90. The highest BCUT2D eigenvalue weighted by atomic mass is 16.6. The van der Waals surface area contributed by atoms with Gasteiger partial charge in [-0.3, -0.25) is 24.5 Å². The van der Waals surface area contributed by atoms with Crippen LogP contribution in [-0.2, 0) is 0 Å². The van der Waals surface area contributed by atoms with Crippen LogP contribution in [0, 0.1) is 16.0 Å². The Morgan fingerprint density at radius 1 is 1.07 bits per heavy atom. The van der Waals surface area contributed by atoms with E-state index in [2.05, 4.69) is 5.32 Å². The Bertz CT molecular complexity index is 950. The number of anilines is 1. The van der Waals surface area contributed by atoms with Gasteiger partial charge in [-0.05, 0) is 36.2 Å². The van der Waals surface area contributed by atoms with Crippen molar-refractivity contribution in [1.29, 1.82) is 0 Å². The Balaban J connectivity index is 1.85. The van der Waals surface area contributed by atoms with Crippen molar-refractivity contribution in [3.8, 4) is 0 Å². The van der Waals surface area contributed by atoms with E-state index in [-0.39, 0.29) is 22.7 Å². The van der Waals surface area contributed by atoms with Crippen LogP contribution in [0.1, 0.15) is 44.9 Å². The molecule has 0 unspecified atom stereocenters. The van der Waals surface area contributed by atoms with E-state index in [1.165, 1.54) is 36.4 Å². The highest BCUT2D eigenvalue weighted by molar-refractivity contribution is 6.34. The van der Waals surface area contributed by atoms with Crippen molar-refractivity contribution in [2.45, 2.75) is 13.8 Å². The van der Waals surface area contributed by atoms with Crippen LogP contribution in [-0.4, -0.2) is 29.2 Å². The number of fused-ring (bicyclic) bond motifs is 1. The van der Waals surface area contributed by atoms with E-state index in [9.17, 15) is 24.5 Å². The third-order valence-corrected chi connectivity index (χ3v) is 4.14. The lowest BCUT2D eigenvalue weighted by atomic mass is 10.1. The third kappa shape index (κ3) is 3.41. The molecule has 0 aromatic heterocycles. The van der Waals surface area contributed by atoms with Gasteiger partial charge >= 0.3 is 0 Å². The second kappa shape index (κ2) is 6.99. The summed E-state index contributed by atoms with van der Waals surface area (Å²) in [5, 5.41) is 13.7. The molecule has 0 radical (unpaired) electrons. The van der Waals surface area contributed by atoms with Gasteiger partial charge in [0.2, 0.25) is 0 Å². The van der Waals surface area contributed by atoms with Crippen LogP contribution in [0.2, 0.25) is 0 Å². The molecular formula is C19H17N3O5. The molecule has 27 heavy (non-hydrogen) atoms. The number of nitro benzene ring substituents is 1. The zero-order valence-electron chi connectivity index (χ0n) is 14.8. The Labute approximate surface area is 154 Å². The Hall–Kier alpha value is -3.55. The largest absolute Gasteiger partial charge is 0.352 e. The van der Waals surface area contributed by atoms with Gasteiger partial charge in [0, 0.05) is 24.2 Å². The van der Waals surface area contributed by atoms with Gasteiger partial charge in [0.15, 0.2) is 0 Å². The maximum Gasteiger partial charge on any atom is 0.270 e. The van der Waals surface area contributed by atoms with Gasteiger partial charge in [-0.2, -0.15) is 0 Å². The standard InChI is InChI=1S/C19H17N3O5/c1-11(2)10-20-17(23)12-3-5-13(6-4-12)21-18(24)15-8-7-14(22(26)27)9-16(15)19(21)25/h3-9,11H,10H2,1-2H3,(H,20,23). The van der Waals surface area contributed by atoms with Gasteiger partial charge in [-0.15, -0.1) is 0 Å². The number of hydrogen-bond acceptors (Lipinski definition) is 5. The highest BCUT2D eigenvalue weighted by Crippen LogP contribution is 2.30. The lowest BCUT2D eigenvalue weighted by molar-refractivity contribution is -0.384. The molecule has 0 atom stereocenters. The van der Waals surface area contributed by atoms with E-state index in [0.29, 0.717) is 23.7 Å². The number of imide groups is 1. The first-order valence-electron chi connectivity index (χ1n) is 8.35. The molecule has 0 saturated heterocycles. The lowest BCUT2D eigenvalue weighted by Crippen LogP contribution is -2.30. The molecule has 138 valence electrons. The van der Waals surface area contributed by atoms with Crippen molar-refractivity contribution >= 4 is 29.1 Å². The van der Waals surface area contributed by atoms with Crippen LogP contribution in [0.25, 0.3) is 0 Å². The SMILES string of the molecule is CC(C)CNC(=O)c1ccc(N2C(=O)c3ccc([N+](=O)[O-])cc3C2=O)cc1. The number of amides is 3. The summed E-state index contributed by atoms with van der Waals surface area (Å²) in [4.78, 5) is 48.4. The van der Waals surface area contributed by atoms with E-state index < -0.39 is 16.7 Å². The van der Waals surface area contributed by atoms with E-state index in [4.69, 9.17) is 0 Å². The van der Waals surface area contributed by atoms with Gasteiger partial charge in [-0.25, -0.2) is 4.90 Å². The Morgan fingerprint density at radius 3 is 2.30 bits per heavy atom. The summed E-state index contributed by atoms with van der Waals surface area (Å²) < 4.78 is 0. The van der Waals surface area contributed by atoms with Gasteiger partial charge in [0.25, 0.3) is 23.4 Å². The van der Waals surface area contributed by atoms with Crippen molar-refractivity contribution in [2.24, 2.45) is 5.92 Å². The highest BCUT2D eigenvalue weighted by Gasteiger charge is 2.37. The minimum atomic E-state index is -0.629. The summed E-state index contributed by atoms with van der Waals surface area (Å²) in [6.45, 7) is 4.50. The summed E-state index contributed by atoms with van der Waals surface area (Å²) in [5.41, 5.74) is 0.558. The number of benzene rings is 2. The Morgan fingerprint density at radius 2 is 1.70 bits per heavy atom. The van der Waals surface area contributed by atoms with Crippen molar-refractivity contribution in [3.63, 3.8) is 0 Å². The van der Waals surface area contributed by atoms with Crippen LogP contribution < -0.4 is 10.2 Å². The fraction of sp³-hybridized carbons (Fsp3) is 0.211. The van der Waals surface area contributed by atoms with Gasteiger partial charge in [-0.1, -0.05) is 13.8 Å². The molecular weight excluding hydrogens is 350 g/mol. The van der Waals surface area contributed by atoms with Gasteiger partial charge in [0.05, 0.1) is 21.7 Å². The molecule has 3 rings (SSSR count). The summed E-state index contributed by atoms with van der Waals surface area (Å²) in [6.07, 6.45) is 0. The summed E-state index contributed by atoms with van der Waals surface area (Å²) in [5.74, 6) is -1.11. The number of hydrogen-bond donors (Lipinski definition) is 1. The fourth-order valence-electron chi connectivity index (χ4n) is 2.74. The van der Waals surface area contributed by atoms with Gasteiger partial charge < -0.3 is 5.32 Å².